The molecule has 6 nitrogen and oxygen atoms in total. The summed E-state index contributed by atoms with van der Waals surface area (Å²) in [5, 5.41) is 2.61. The Kier molecular flexibility index (Phi) is 4.19. The molecule has 2 aromatic heterocycles. The Balaban J connectivity index is 1.65. The zero-order valence-corrected chi connectivity index (χ0v) is 11.9. The smallest absolute Gasteiger partial charge is 0.248 e. The number of aromatic nitrogens is 4. The van der Waals surface area contributed by atoms with Crippen LogP contribution in [0.4, 0.5) is 10.1 Å². The highest BCUT2D eigenvalue weighted by Gasteiger charge is 2.02. The number of nitrogens with zero attached hydrogens (tertiary/aromatic N) is 4. The Morgan fingerprint density at radius 1 is 1.22 bits per heavy atom. The second-order valence-electron chi connectivity index (χ2n) is 4.59. The summed E-state index contributed by atoms with van der Waals surface area (Å²) < 4.78 is 15.1. The van der Waals surface area contributed by atoms with Crippen LogP contribution in [0.5, 0.6) is 0 Å². The van der Waals surface area contributed by atoms with Gasteiger partial charge in [0.05, 0.1) is 18.1 Å². The van der Waals surface area contributed by atoms with Gasteiger partial charge in [-0.1, -0.05) is 18.2 Å². The molecular weight excluding hydrogens is 297 g/mol. The Morgan fingerprint density at radius 3 is 2.70 bits per heavy atom. The molecule has 0 aliphatic carbocycles. The molecule has 0 fully saturated rings. The molecule has 0 unspecified atom stereocenters. The van der Waals surface area contributed by atoms with Crippen molar-refractivity contribution in [3.8, 4) is 5.95 Å². The number of benzene rings is 1. The Hall–Kier alpha value is -3.35. The lowest BCUT2D eigenvalue weighted by molar-refractivity contribution is -0.111. The number of hydrogen-bond acceptors (Lipinski definition) is 4. The van der Waals surface area contributed by atoms with E-state index in [9.17, 15) is 9.18 Å². The molecule has 7 heteroatoms. The highest BCUT2D eigenvalue weighted by Crippen LogP contribution is 2.09. The van der Waals surface area contributed by atoms with Gasteiger partial charge in [0, 0.05) is 24.0 Å². The third kappa shape index (κ3) is 3.65. The number of nitrogens with one attached hydrogen (secondary N) is 1. The molecule has 2 heterocycles. The van der Waals surface area contributed by atoms with Crippen LogP contribution >= 0.6 is 0 Å². The van der Waals surface area contributed by atoms with Gasteiger partial charge in [0.15, 0.2) is 0 Å². The number of anilines is 1. The first kappa shape index (κ1) is 14.6. The summed E-state index contributed by atoms with van der Waals surface area (Å²) in [4.78, 5) is 24.0. The minimum atomic E-state index is -0.396. The van der Waals surface area contributed by atoms with E-state index >= 15 is 0 Å². The number of imidazole rings is 1. The molecule has 0 atom stereocenters. The number of halogens is 1. The largest absolute Gasteiger partial charge is 0.320 e. The molecule has 0 aliphatic rings. The summed E-state index contributed by atoms with van der Waals surface area (Å²) >= 11 is 0. The summed E-state index contributed by atoms with van der Waals surface area (Å²) in [5.74, 6) is -0.334. The predicted octanol–water partition coefficient (Wildman–Crippen LogP) is 2.45. The number of amides is 1. The average molecular weight is 309 g/mol. The van der Waals surface area contributed by atoms with Gasteiger partial charge in [-0.3, -0.25) is 9.36 Å². The fourth-order valence-corrected chi connectivity index (χ4v) is 1.86. The molecule has 0 bridgehead atoms. The first-order chi connectivity index (χ1) is 11.2. The number of hydrogen-bond donors (Lipinski definition) is 1. The third-order valence-electron chi connectivity index (χ3n) is 2.96. The molecule has 0 aliphatic heterocycles. The minimum Gasteiger partial charge on any atom is -0.320 e. The van der Waals surface area contributed by atoms with Crippen molar-refractivity contribution < 1.29 is 9.18 Å². The Labute approximate surface area is 131 Å². The van der Waals surface area contributed by atoms with Crippen molar-refractivity contribution in [2.75, 3.05) is 5.32 Å². The van der Waals surface area contributed by atoms with Crippen LogP contribution in [0.3, 0.4) is 0 Å². The zero-order chi connectivity index (χ0) is 16.1. The number of rotatable bonds is 4. The van der Waals surface area contributed by atoms with E-state index in [-0.39, 0.29) is 5.82 Å². The maximum Gasteiger partial charge on any atom is 0.248 e. The highest BCUT2D eigenvalue weighted by molar-refractivity contribution is 6.01. The molecule has 3 rings (SSSR count). The summed E-state index contributed by atoms with van der Waals surface area (Å²) in [6.07, 6.45) is 10.5. The van der Waals surface area contributed by atoms with Crippen LogP contribution in [-0.2, 0) is 4.79 Å². The van der Waals surface area contributed by atoms with Crippen molar-refractivity contribution in [1.29, 1.82) is 0 Å². The monoisotopic (exact) mass is 309 g/mol. The van der Waals surface area contributed by atoms with Crippen LogP contribution in [0, 0.1) is 5.82 Å². The zero-order valence-electron chi connectivity index (χ0n) is 11.9. The predicted molar refractivity (Wildman–Crippen MR) is 83.2 cm³/mol. The van der Waals surface area contributed by atoms with Crippen LogP contribution in [-0.4, -0.2) is 25.4 Å². The molecule has 0 saturated carbocycles. The van der Waals surface area contributed by atoms with Crippen molar-refractivity contribution in [2.45, 2.75) is 0 Å². The molecular formula is C16H12FN5O. The van der Waals surface area contributed by atoms with Gasteiger partial charge < -0.3 is 5.32 Å². The third-order valence-corrected chi connectivity index (χ3v) is 2.96. The fraction of sp³-hybridized carbons (Fsp3) is 0. The summed E-state index contributed by atoms with van der Waals surface area (Å²) in [5.41, 5.74) is 0.784. The minimum absolute atomic E-state index is 0.342. The van der Waals surface area contributed by atoms with Crippen molar-refractivity contribution in [3.05, 3.63) is 72.8 Å². The second kappa shape index (κ2) is 6.61. The van der Waals surface area contributed by atoms with E-state index in [1.54, 1.807) is 41.5 Å². The van der Waals surface area contributed by atoms with Gasteiger partial charge in [-0.05, 0) is 12.1 Å². The first-order valence-corrected chi connectivity index (χ1v) is 6.76. The van der Waals surface area contributed by atoms with Crippen LogP contribution in [0.1, 0.15) is 5.56 Å². The quantitative estimate of drug-likeness (QED) is 0.751. The molecule has 3 aromatic rings. The molecule has 114 valence electrons. The summed E-state index contributed by atoms with van der Waals surface area (Å²) in [7, 11) is 0. The number of carbonyl (C=O) groups excluding carboxylic acids is 1. The van der Waals surface area contributed by atoms with Gasteiger partial charge in [0.1, 0.15) is 12.1 Å². The fourth-order valence-electron chi connectivity index (χ4n) is 1.86. The highest BCUT2D eigenvalue weighted by atomic mass is 19.1. The number of carbonyl (C=O) groups is 1. The molecule has 23 heavy (non-hydrogen) atoms. The normalized spacial score (nSPS) is 10.8. The van der Waals surface area contributed by atoms with Crippen molar-refractivity contribution in [3.63, 3.8) is 0 Å². The van der Waals surface area contributed by atoms with Gasteiger partial charge in [-0.15, -0.1) is 0 Å². The lowest BCUT2D eigenvalue weighted by Gasteiger charge is -2.03. The van der Waals surface area contributed by atoms with E-state index < -0.39 is 5.91 Å². The molecule has 1 N–H and O–H groups in total. The lowest BCUT2D eigenvalue weighted by atomic mass is 10.2. The van der Waals surface area contributed by atoms with E-state index in [0.717, 1.165) is 0 Å². The summed E-state index contributed by atoms with van der Waals surface area (Å²) in [6.45, 7) is 0. The maximum atomic E-state index is 13.4. The van der Waals surface area contributed by atoms with E-state index in [1.807, 2.05) is 0 Å². The van der Waals surface area contributed by atoms with Crippen LogP contribution in [0.15, 0.2) is 61.5 Å². The average Bonchev–Trinajstić information content (AvgIpc) is 3.09. The maximum absolute atomic E-state index is 13.4. The van der Waals surface area contributed by atoms with E-state index in [2.05, 4.69) is 20.3 Å². The standard InChI is InChI=1S/C16H12FN5O/c17-14-4-2-1-3-12(14)5-6-15(23)21-13-9-19-16(20-10-13)22-8-7-18-11-22/h1-11H,(H,21,23)/b6-5+. The molecule has 0 saturated heterocycles. The first-order valence-electron chi connectivity index (χ1n) is 6.76. The van der Waals surface area contributed by atoms with Crippen molar-refractivity contribution in [2.24, 2.45) is 0 Å². The van der Waals surface area contributed by atoms with Crippen molar-refractivity contribution >= 4 is 17.7 Å². The van der Waals surface area contributed by atoms with Crippen LogP contribution < -0.4 is 5.32 Å². The van der Waals surface area contributed by atoms with E-state index in [4.69, 9.17) is 0 Å². The SMILES string of the molecule is O=C(/C=C/c1ccccc1F)Nc1cnc(-n2ccnc2)nc1. The van der Waals surface area contributed by atoms with Gasteiger partial charge >= 0.3 is 0 Å². The Morgan fingerprint density at radius 2 is 2.00 bits per heavy atom. The molecule has 1 aromatic carbocycles. The van der Waals surface area contributed by atoms with Crippen LogP contribution in [0.2, 0.25) is 0 Å². The summed E-state index contributed by atoms with van der Waals surface area (Å²) in [6, 6.07) is 6.21. The van der Waals surface area contributed by atoms with Crippen LogP contribution in [0.25, 0.3) is 12.0 Å². The van der Waals surface area contributed by atoms with E-state index in [0.29, 0.717) is 17.2 Å². The molecule has 1 amide bonds. The van der Waals surface area contributed by atoms with E-state index in [1.165, 1.54) is 30.6 Å². The van der Waals surface area contributed by atoms with Gasteiger partial charge in [-0.2, -0.15) is 0 Å². The van der Waals surface area contributed by atoms with Crippen molar-refractivity contribution in [1.82, 2.24) is 19.5 Å². The van der Waals surface area contributed by atoms with Gasteiger partial charge in [-0.25, -0.2) is 19.3 Å². The molecule has 0 spiro atoms. The molecule has 0 radical (unpaired) electrons. The lowest BCUT2D eigenvalue weighted by Crippen LogP contribution is -2.09. The second-order valence-corrected chi connectivity index (χ2v) is 4.59. The topological polar surface area (TPSA) is 72.7 Å². The Bertz CT molecular complexity index is 828. The van der Waals surface area contributed by atoms with Gasteiger partial charge in [0.25, 0.3) is 0 Å². The van der Waals surface area contributed by atoms with Gasteiger partial charge in [0.2, 0.25) is 11.9 Å².